The van der Waals surface area contributed by atoms with E-state index in [1.807, 2.05) is 36.4 Å². The highest BCUT2D eigenvalue weighted by Crippen LogP contribution is 2.36. The van der Waals surface area contributed by atoms with Gasteiger partial charge >= 0.3 is 0 Å². The number of para-hydroxylation sites is 1. The minimum absolute atomic E-state index is 0.0457. The molecule has 1 N–H and O–H groups in total. The Kier molecular flexibility index (Phi) is 4.83. The standard InChI is InChI=1S/C22H25NO3/c1-25-21-13-17-16-9-5-6-10-19(16)26-20(17)14-18(21)23-22(24)12-11-15-7-3-2-4-8-15/h5-6,9-10,13-15H,2-4,7-8,11-12H2,1H3,(H,23,24). The number of ether oxygens (including phenoxy) is 1. The summed E-state index contributed by atoms with van der Waals surface area (Å²) >= 11 is 0. The van der Waals surface area contributed by atoms with E-state index in [9.17, 15) is 4.79 Å². The lowest BCUT2D eigenvalue weighted by atomic mass is 9.86. The van der Waals surface area contributed by atoms with Crippen molar-refractivity contribution >= 4 is 33.5 Å². The molecule has 4 heteroatoms. The van der Waals surface area contributed by atoms with Crippen LogP contribution in [0.25, 0.3) is 21.9 Å². The first-order chi connectivity index (χ1) is 12.7. The quantitative estimate of drug-likeness (QED) is 0.623. The second kappa shape index (κ2) is 7.40. The Labute approximate surface area is 153 Å². The number of hydrogen-bond donors (Lipinski definition) is 1. The lowest BCUT2D eigenvalue weighted by molar-refractivity contribution is -0.116. The molecule has 1 aliphatic rings. The van der Waals surface area contributed by atoms with Crippen molar-refractivity contribution in [1.82, 2.24) is 0 Å². The van der Waals surface area contributed by atoms with E-state index in [0.717, 1.165) is 28.4 Å². The summed E-state index contributed by atoms with van der Waals surface area (Å²) in [6.45, 7) is 0. The molecule has 0 saturated heterocycles. The van der Waals surface area contributed by atoms with Gasteiger partial charge in [-0.3, -0.25) is 4.79 Å². The molecule has 1 saturated carbocycles. The molecule has 0 unspecified atom stereocenters. The molecule has 4 nitrogen and oxygen atoms in total. The van der Waals surface area contributed by atoms with Gasteiger partial charge in [0.15, 0.2) is 0 Å². The van der Waals surface area contributed by atoms with Crippen LogP contribution < -0.4 is 10.1 Å². The van der Waals surface area contributed by atoms with Crippen LogP contribution in [-0.4, -0.2) is 13.0 Å². The van der Waals surface area contributed by atoms with Crippen LogP contribution in [-0.2, 0) is 4.79 Å². The third kappa shape index (κ3) is 3.41. The SMILES string of the molecule is COc1cc2c(cc1NC(=O)CCC1CCCCC1)oc1ccccc12. The van der Waals surface area contributed by atoms with Crippen molar-refractivity contribution in [3.63, 3.8) is 0 Å². The van der Waals surface area contributed by atoms with E-state index in [2.05, 4.69) is 5.32 Å². The fraction of sp³-hybridized carbons (Fsp3) is 0.409. The highest BCUT2D eigenvalue weighted by Gasteiger charge is 2.17. The third-order valence-corrected chi connectivity index (χ3v) is 5.48. The van der Waals surface area contributed by atoms with E-state index in [-0.39, 0.29) is 5.91 Å². The summed E-state index contributed by atoms with van der Waals surface area (Å²) in [4.78, 5) is 12.4. The van der Waals surface area contributed by atoms with E-state index in [0.29, 0.717) is 23.8 Å². The molecule has 1 aliphatic carbocycles. The smallest absolute Gasteiger partial charge is 0.224 e. The fourth-order valence-corrected chi connectivity index (χ4v) is 4.04. The topological polar surface area (TPSA) is 51.5 Å². The van der Waals surface area contributed by atoms with Gasteiger partial charge in [-0.1, -0.05) is 50.3 Å². The van der Waals surface area contributed by atoms with Crippen molar-refractivity contribution < 1.29 is 13.9 Å². The molecule has 1 aromatic heterocycles. The van der Waals surface area contributed by atoms with Crippen molar-refractivity contribution in [2.24, 2.45) is 5.92 Å². The molecule has 0 aliphatic heterocycles. The number of carbonyl (C=O) groups excluding carboxylic acids is 1. The Morgan fingerprint density at radius 3 is 2.73 bits per heavy atom. The first-order valence-electron chi connectivity index (χ1n) is 9.54. The molecule has 1 amide bonds. The number of carbonyl (C=O) groups is 1. The predicted octanol–water partition coefficient (Wildman–Crippen LogP) is 5.89. The molecule has 26 heavy (non-hydrogen) atoms. The Morgan fingerprint density at radius 2 is 1.92 bits per heavy atom. The zero-order valence-electron chi connectivity index (χ0n) is 15.2. The maximum atomic E-state index is 12.4. The normalized spacial score (nSPS) is 15.4. The summed E-state index contributed by atoms with van der Waals surface area (Å²) in [5.74, 6) is 1.41. The summed E-state index contributed by atoms with van der Waals surface area (Å²) in [7, 11) is 1.63. The van der Waals surface area contributed by atoms with Crippen LogP contribution in [0, 0.1) is 5.92 Å². The van der Waals surface area contributed by atoms with E-state index >= 15 is 0 Å². The van der Waals surface area contributed by atoms with E-state index < -0.39 is 0 Å². The van der Waals surface area contributed by atoms with Gasteiger partial charge in [-0.2, -0.15) is 0 Å². The molecule has 0 spiro atoms. The highest BCUT2D eigenvalue weighted by molar-refractivity contribution is 6.07. The molecule has 0 atom stereocenters. The van der Waals surface area contributed by atoms with E-state index in [1.54, 1.807) is 7.11 Å². The van der Waals surface area contributed by atoms with Gasteiger partial charge in [0.2, 0.25) is 5.91 Å². The van der Waals surface area contributed by atoms with Gasteiger partial charge in [0.1, 0.15) is 16.9 Å². The minimum atomic E-state index is 0.0457. The van der Waals surface area contributed by atoms with Crippen LogP contribution in [0.1, 0.15) is 44.9 Å². The molecule has 3 aromatic rings. The second-order valence-corrected chi connectivity index (χ2v) is 7.24. The van der Waals surface area contributed by atoms with E-state index in [4.69, 9.17) is 9.15 Å². The lowest BCUT2D eigenvalue weighted by Gasteiger charge is -2.21. The number of rotatable bonds is 5. The van der Waals surface area contributed by atoms with Crippen LogP contribution in [0.15, 0.2) is 40.8 Å². The predicted molar refractivity (Wildman–Crippen MR) is 105 cm³/mol. The van der Waals surface area contributed by atoms with Crippen molar-refractivity contribution in [2.75, 3.05) is 12.4 Å². The Hall–Kier alpha value is -2.49. The summed E-state index contributed by atoms with van der Waals surface area (Å²) < 4.78 is 11.4. The summed E-state index contributed by atoms with van der Waals surface area (Å²) in [6.07, 6.45) is 8.03. The minimum Gasteiger partial charge on any atom is -0.495 e. The average molecular weight is 351 g/mol. The summed E-state index contributed by atoms with van der Waals surface area (Å²) in [6, 6.07) is 11.7. The second-order valence-electron chi connectivity index (χ2n) is 7.24. The van der Waals surface area contributed by atoms with Crippen LogP contribution in [0.4, 0.5) is 5.69 Å². The van der Waals surface area contributed by atoms with Crippen LogP contribution in [0.2, 0.25) is 0 Å². The zero-order valence-corrected chi connectivity index (χ0v) is 15.2. The Bertz CT molecular complexity index is 922. The van der Waals surface area contributed by atoms with Gasteiger partial charge in [-0.05, 0) is 24.5 Å². The van der Waals surface area contributed by atoms with Gasteiger partial charge in [0, 0.05) is 23.3 Å². The Balaban J connectivity index is 1.53. The maximum Gasteiger partial charge on any atom is 0.224 e. The maximum absolute atomic E-state index is 12.4. The lowest BCUT2D eigenvalue weighted by Crippen LogP contribution is -2.15. The summed E-state index contributed by atoms with van der Waals surface area (Å²) in [5, 5.41) is 5.06. The first kappa shape index (κ1) is 17.0. The van der Waals surface area contributed by atoms with Gasteiger partial charge in [0.25, 0.3) is 0 Å². The van der Waals surface area contributed by atoms with Gasteiger partial charge in [-0.15, -0.1) is 0 Å². The number of furan rings is 1. The number of fused-ring (bicyclic) bond motifs is 3. The highest BCUT2D eigenvalue weighted by atomic mass is 16.5. The Morgan fingerprint density at radius 1 is 1.12 bits per heavy atom. The molecule has 4 rings (SSSR count). The first-order valence-corrected chi connectivity index (χ1v) is 9.54. The van der Waals surface area contributed by atoms with E-state index in [1.165, 1.54) is 32.1 Å². The molecule has 0 radical (unpaired) electrons. The van der Waals surface area contributed by atoms with Crippen LogP contribution in [0.3, 0.4) is 0 Å². The molecular formula is C22H25NO3. The number of benzene rings is 2. The van der Waals surface area contributed by atoms with Crippen molar-refractivity contribution in [1.29, 1.82) is 0 Å². The molecule has 1 fully saturated rings. The van der Waals surface area contributed by atoms with Gasteiger partial charge < -0.3 is 14.5 Å². The molecule has 1 heterocycles. The van der Waals surface area contributed by atoms with Crippen molar-refractivity contribution in [3.8, 4) is 5.75 Å². The number of nitrogens with one attached hydrogen (secondary N) is 1. The van der Waals surface area contributed by atoms with Gasteiger partial charge in [-0.25, -0.2) is 0 Å². The number of anilines is 1. The fourth-order valence-electron chi connectivity index (χ4n) is 4.04. The van der Waals surface area contributed by atoms with Crippen molar-refractivity contribution in [3.05, 3.63) is 36.4 Å². The number of methoxy groups -OCH3 is 1. The zero-order chi connectivity index (χ0) is 17.9. The molecule has 2 aromatic carbocycles. The van der Waals surface area contributed by atoms with Crippen LogP contribution >= 0.6 is 0 Å². The largest absolute Gasteiger partial charge is 0.495 e. The van der Waals surface area contributed by atoms with Crippen LogP contribution in [0.5, 0.6) is 5.75 Å². The molecule has 0 bridgehead atoms. The van der Waals surface area contributed by atoms with Gasteiger partial charge in [0.05, 0.1) is 12.8 Å². The third-order valence-electron chi connectivity index (χ3n) is 5.48. The number of hydrogen-bond acceptors (Lipinski definition) is 3. The number of amides is 1. The van der Waals surface area contributed by atoms with Crippen molar-refractivity contribution in [2.45, 2.75) is 44.9 Å². The summed E-state index contributed by atoms with van der Waals surface area (Å²) in [5.41, 5.74) is 2.27. The molecule has 136 valence electrons. The average Bonchev–Trinajstić information content (AvgIpc) is 3.04. The molecular weight excluding hydrogens is 326 g/mol. The monoisotopic (exact) mass is 351 g/mol.